The summed E-state index contributed by atoms with van der Waals surface area (Å²) in [6.45, 7) is 1.27. The van der Waals surface area contributed by atoms with E-state index in [-0.39, 0.29) is 18.6 Å². The number of hydrogen-bond donors (Lipinski definition) is 3. The molecule has 10 nitrogen and oxygen atoms in total. The minimum atomic E-state index is -1.44. The molecule has 4 N–H and O–H groups in total. The highest BCUT2D eigenvalue weighted by Crippen LogP contribution is 2.54. The number of hydrogen-bond acceptors (Lipinski definition) is 7. The molecule has 3 aliphatic rings. The highest BCUT2D eigenvalue weighted by atomic mass is 16.5. The summed E-state index contributed by atoms with van der Waals surface area (Å²) in [7, 11) is 0. The third-order valence-electron chi connectivity index (χ3n) is 6.68. The number of carbonyl (C=O) groups is 5. The number of amides is 4. The third-order valence-corrected chi connectivity index (χ3v) is 6.68. The third kappa shape index (κ3) is 3.10. The van der Waals surface area contributed by atoms with Crippen LogP contribution in [0.3, 0.4) is 0 Å². The summed E-state index contributed by atoms with van der Waals surface area (Å²) in [6.07, 6.45) is 0.199. The van der Waals surface area contributed by atoms with E-state index in [2.05, 4.69) is 10.6 Å². The van der Waals surface area contributed by atoms with Gasteiger partial charge in [0.15, 0.2) is 0 Å². The minimum Gasteiger partial charge on any atom is -0.427 e. The second-order valence-electron chi connectivity index (χ2n) is 8.67. The second kappa shape index (κ2) is 7.77. The Balaban J connectivity index is 1.57. The van der Waals surface area contributed by atoms with E-state index in [9.17, 15) is 24.0 Å². The summed E-state index contributed by atoms with van der Waals surface area (Å²) in [5.74, 6) is -4.03. The van der Waals surface area contributed by atoms with Crippen molar-refractivity contribution in [2.75, 3.05) is 10.2 Å². The Morgan fingerprint density at radius 2 is 1.76 bits per heavy atom. The fraction of sp³-hybridized carbons (Fsp3) is 0.292. The van der Waals surface area contributed by atoms with Gasteiger partial charge in [0.25, 0.3) is 0 Å². The highest BCUT2D eigenvalue weighted by molar-refractivity contribution is 6.25. The lowest BCUT2D eigenvalue weighted by molar-refractivity contribution is -0.132. The Morgan fingerprint density at radius 1 is 1.06 bits per heavy atom. The van der Waals surface area contributed by atoms with E-state index in [0.29, 0.717) is 16.9 Å². The van der Waals surface area contributed by atoms with Gasteiger partial charge in [0.1, 0.15) is 11.3 Å². The lowest BCUT2D eigenvalue weighted by Crippen LogP contribution is -2.53. The fourth-order valence-corrected chi connectivity index (χ4v) is 5.39. The summed E-state index contributed by atoms with van der Waals surface area (Å²) in [5.41, 5.74) is 5.36. The van der Waals surface area contributed by atoms with Gasteiger partial charge in [-0.15, -0.1) is 0 Å². The van der Waals surface area contributed by atoms with Gasteiger partial charge in [0, 0.05) is 30.6 Å². The fourth-order valence-electron chi connectivity index (χ4n) is 5.39. The molecular formula is C24H22N4O6. The molecule has 10 heteroatoms. The van der Waals surface area contributed by atoms with Crippen LogP contribution in [0.25, 0.3) is 0 Å². The average Bonchev–Trinajstić information content (AvgIpc) is 3.37. The number of nitrogens with two attached hydrogens (primary N) is 1. The van der Waals surface area contributed by atoms with Crippen LogP contribution >= 0.6 is 0 Å². The average molecular weight is 462 g/mol. The van der Waals surface area contributed by atoms with Gasteiger partial charge < -0.3 is 15.8 Å². The first-order valence-corrected chi connectivity index (χ1v) is 10.9. The van der Waals surface area contributed by atoms with Crippen molar-refractivity contribution in [3.05, 3.63) is 54.1 Å². The van der Waals surface area contributed by atoms with Crippen LogP contribution in [0.5, 0.6) is 5.75 Å². The lowest BCUT2D eigenvalue weighted by Gasteiger charge is -2.29. The van der Waals surface area contributed by atoms with Crippen LogP contribution in [0.1, 0.15) is 25.3 Å². The van der Waals surface area contributed by atoms with Crippen LogP contribution < -0.4 is 26.0 Å². The zero-order valence-corrected chi connectivity index (χ0v) is 18.2. The van der Waals surface area contributed by atoms with E-state index in [4.69, 9.17) is 10.5 Å². The zero-order valence-electron chi connectivity index (χ0n) is 18.2. The summed E-state index contributed by atoms with van der Waals surface area (Å²) < 4.78 is 5.03. The number of carbonyl (C=O) groups excluding carboxylic acids is 5. The smallest absolute Gasteiger partial charge is 0.308 e. The Hall–Kier alpha value is -4.05. The first kappa shape index (κ1) is 21.8. The molecule has 34 heavy (non-hydrogen) atoms. The quantitative estimate of drug-likeness (QED) is 0.338. The molecule has 0 saturated carbocycles. The molecule has 3 heterocycles. The van der Waals surface area contributed by atoms with Crippen LogP contribution in [0.15, 0.2) is 48.5 Å². The van der Waals surface area contributed by atoms with Crippen LogP contribution in [0.2, 0.25) is 0 Å². The molecule has 0 bridgehead atoms. The number of imide groups is 1. The molecule has 0 aromatic heterocycles. The number of benzene rings is 2. The molecule has 1 spiro atoms. The van der Waals surface area contributed by atoms with Gasteiger partial charge >= 0.3 is 5.97 Å². The number of para-hydroxylation sites is 1. The first-order valence-electron chi connectivity index (χ1n) is 10.9. The van der Waals surface area contributed by atoms with Crippen LogP contribution in [-0.4, -0.2) is 35.6 Å². The lowest BCUT2D eigenvalue weighted by atomic mass is 9.76. The molecule has 5 rings (SSSR count). The first-order chi connectivity index (χ1) is 16.2. The van der Waals surface area contributed by atoms with Gasteiger partial charge in [-0.25, -0.2) is 4.90 Å². The molecule has 4 atom stereocenters. The molecule has 3 aliphatic heterocycles. The maximum Gasteiger partial charge on any atom is 0.308 e. The van der Waals surface area contributed by atoms with Crippen molar-refractivity contribution < 1.29 is 28.7 Å². The van der Waals surface area contributed by atoms with Crippen LogP contribution in [-0.2, 0) is 29.5 Å². The molecule has 2 aromatic carbocycles. The zero-order chi connectivity index (χ0) is 24.2. The Kier molecular flexibility index (Phi) is 4.98. The van der Waals surface area contributed by atoms with Gasteiger partial charge in [-0.2, -0.15) is 0 Å². The van der Waals surface area contributed by atoms with Crippen molar-refractivity contribution in [3.63, 3.8) is 0 Å². The Bertz CT molecular complexity index is 1240. The minimum absolute atomic E-state index is 0.00121. The van der Waals surface area contributed by atoms with Crippen molar-refractivity contribution in [2.45, 2.75) is 31.3 Å². The van der Waals surface area contributed by atoms with Crippen LogP contribution in [0, 0.1) is 11.8 Å². The number of ether oxygens (including phenoxy) is 1. The summed E-state index contributed by atoms with van der Waals surface area (Å²) in [4.78, 5) is 64.4. The van der Waals surface area contributed by atoms with Crippen molar-refractivity contribution in [3.8, 4) is 5.75 Å². The van der Waals surface area contributed by atoms with Gasteiger partial charge in [-0.3, -0.25) is 29.3 Å². The van der Waals surface area contributed by atoms with Gasteiger partial charge in [0.05, 0.1) is 17.5 Å². The second-order valence-corrected chi connectivity index (χ2v) is 8.67. The molecule has 2 saturated heterocycles. The maximum absolute atomic E-state index is 13.8. The van der Waals surface area contributed by atoms with Crippen molar-refractivity contribution in [1.29, 1.82) is 0 Å². The van der Waals surface area contributed by atoms with Gasteiger partial charge in [-0.1, -0.05) is 18.2 Å². The summed E-state index contributed by atoms with van der Waals surface area (Å²) in [6, 6.07) is 12.4. The number of anilines is 2. The van der Waals surface area contributed by atoms with E-state index in [0.717, 1.165) is 4.90 Å². The van der Waals surface area contributed by atoms with Gasteiger partial charge in [0.2, 0.25) is 23.6 Å². The van der Waals surface area contributed by atoms with E-state index in [1.807, 2.05) is 0 Å². The normalized spacial score (nSPS) is 27.0. The van der Waals surface area contributed by atoms with Crippen molar-refractivity contribution >= 4 is 41.0 Å². The molecule has 174 valence electrons. The number of nitrogens with zero attached hydrogens (tertiary/aromatic N) is 1. The predicted molar refractivity (Wildman–Crippen MR) is 119 cm³/mol. The number of fused-ring (bicyclic) bond motifs is 4. The number of rotatable bonds is 5. The molecule has 2 aromatic rings. The number of esters is 1. The van der Waals surface area contributed by atoms with Gasteiger partial charge in [-0.05, 0) is 36.8 Å². The van der Waals surface area contributed by atoms with E-state index < -0.39 is 53.0 Å². The largest absolute Gasteiger partial charge is 0.427 e. The van der Waals surface area contributed by atoms with E-state index in [1.165, 1.54) is 31.2 Å². The highest BCUT2D eigenvalue weighted by Gasteiger charge is 2.70. The standard InChI is InChI=1S/C24H22N4O6/c1-12(29)34-14-8-6-13(7-9-14)28-21(31)19-17(10-11-18(25)30)27-24(20(19)22(28)32)15-4-2-3-5-16(15)26-23(24)33/h2-9,17,19-20,27H,10-11H2,1H3,(H2,25,30)(H,26,33)/t17-,19+,20-,24+/m1/s1. The van der Waals surface area contributed by atoms with Crippen molar-refractivity contribution in [2.24, 2.45) is 17.6 Å². The molecule has 0 radical (unpaired) electrons. The number of primary amides is 1. The molecule has 0 unspecified atom stereocenters. The van der Waals surface area contributed by atoms with Crippen molar-refractivity contribution in [1.82, 2.24) is 5.32 Å². The monoisotopic (exact) mass is 462 g/mol. The SMILES string of the molecule is CC(=O)Oc1ccc(N2C(=O)[C@H]3[C@@H](CCC(N)=O)N[C@]4(C(=O)Nc5ccccc54)[C@H]3C2=O)cc1. The van der Waals surface area contributed by atoms with Crippen LogP contribution in [0.4, 0.5) is 11.4 Å². The van der Waals surface area contributed by atoms with E-state index in [1.54, 1.807) is 24.3 Å². The topological polar surface area (TPSA) is 148 Å². The molecule has 0 aliphatic carbocycles. The van der Waals surface area contributed by atoms with E-state index >= 15 is 0 Å². The maximum atomic E-state index is 13.8. The summed E-state index contributed by atoms with van der Waals surface area (Å²) >= 11 is 0. The predicted octanol–water partition coefficient (Wildman–Crippen LogP) is 0.802. The Labute approximate surface area is 194 Å². The summed E-state index contributed by atoms with van der Waals surface area (Å²) in [5, 5.41) is 6.07. The molecular weight excluding hydrogens is 440 g/mol. The number of nitrogens with one attached hydrogen (secondary N) is 2. The molecule has 4 amide bonds. The Morgan fingerprint density at radius 3 is 2.44 bits per heavy atom. The molecule has 2 fully saturated rings.